The Morgan fingerprint density at radius 1 is 0.933 bits per heavy atom. The van der Waals surface area contributed by atoms with Crippen molar-refractivity contribution in [2.24, 2.45) is 9.98 Å². The Hall–Kier alpha value is -4.44. The summed E-state index contributed by atoms with van der Waals surface area (Å²) in [5, 5.41) is 2.98. The average Bonchev–Trinajstić information content (AvgIpc) is 3.43. The molecule has 1 saturated heterocycles. The lowest BCUT2D eigenvalue weighted by Gasteiger charge is -2.36. The number of aliphatic imine (C=N–C) groups is 2. The molecule has 3 aliphatic rings. The summed E-state index contributed by atoms with van der Waals surface area (Å²) in [5.41, 5.74) is 4.58. The molecule has 0 saturated carbocycles. The quantitative estimate of drug-likeness (QED) is 0.341. The van der Waals surface area contributed by atoms with E-state index in [4.69, 9.17) is 9.98 Å². The van der Waals surface area contributed by atoms with Crippen LogP contribution < -0.4 is 10.2 Å². The van der Waals surface area contributed by atoms with Crippen LogP contribution in [0.5, 0.6) is 0 Å². The zero-order valence-corrected chi connectivity index (χ0v) is 26.5. The summed E-state index contributed by atoms with van der Waals surface area (Å²) in [4.78, 5) is 55.7. The standard InChI is InChI=1S/C35H38N6O3S/c1-3-24-14-16-25(17-15-24)36-33(43)30(4-2)45-35-38-28-13-9-8-12-27(28)32-37-29(34(44)41(32)35)18-19-31(42)40-22-20-39(21-23-40)26-10-6-5-7-11-26/h5-17,29-30H,3-4,18-23H2,1-2H3,(H,36,43)/t29-,30+/m1/s1. The van der Waals surface area contributed by atoms with Gasteiger partial charge >= 0.3 is 0 Å². The molecule has 2 atom stereocenters. The van der Waals surface area contributed by atoms with Crippen molar-refractivity contribution in [3.63, 3.8) is 0 Å². The van der Waals surface area contributed by atoms with E-state index in [0.29, 0.717) is 42.6 Å². The van der Waals surface area contributed by atoms with Gasteiger partial charge in [-0.25, -0.2) is 9.89 Å². The minimum atomic E-state index is -0.683. The number of carbonyl (C=O) groups is 3. The Balaban J connectivity index is 1.12. The molecule has 0 bridgehead atoms. The molecule has 3 amide bonds. The van der Waals surface area contributed by atoms with Crippen molar-refractivity contribution < 1.29 is 14.4 Å². The van der Waals surface area contributed by atoms with Crippen LogP contribution in [-0.2, 0) is 20.8 Å². The number of anilines is 2. The number of nitrogens with zero attached hydrogens (tertiary/aromatic N) is 5. The monoisotopic (exact) mass is 622 g/mol. The second-order valence-electron chi connectivity index (χ2n) is 11.4. The van der Waals surface area contributed by atoms with Crippen LogP contribution in [0.2, 0.25) is 0 Å². The number of piperazine rings is 1. The zero-order valence-electron chi connectivity index (χ0n) is 25.7. The Labute approximate surface area is 268 Å². The Morgan fingerprint density at radius 2 is 1.64 bits per heavy atom. The number of para-hydroxylation sites is 2. The third-order valence-electron chi connectivity index (χ3n) is 8.47. The smallest absolute Gasteiger partial charge is 0.259 e. The second-order valence-corrected chi connectivity index (χ2v) is 12.5. The van der Waals surface area contributed by atoms with Gasteiger partial charge in [0.1, 0.15) is 11.9 Å². The van der Waals surface area contributed by atoms with E-state index in [-0.39, 0.29) is 24.1 Å². The zero-order chi connectivity index (χ0) is 31.3. The van der Waals surface area contributed by atoms with Crippen molar-refractivity contribution in [3.05, 3.63) is 90.0 Å². The van der Waals surface area contributed by atoms with E-state index in [9.17, 15) is 14.4 Å². The number of rotatable bonds is 9. The first-order chi connectivity index (χ1) is 21.9. The van der Waals surface area contributed by atoms with Crippen molar-refractivity contribution in [2.45, 2.75) is 50.8 Å². The lowest BCUT2D eigenvalue weighted by molar-refractivity contribution is -0.132. The molecular weight excluding hydrogens is 584 g/mol. The van der Waals surface area contributed by atoms with Gasteiger partial charge in [0.2, 0.25) is 11.8 Å². The predicted molar refractivity (Wildman–Crippen MR) is 181 cm³/mol. The van der Waals surface area contributed by atoms with Gasteiger partial charge in [-0.2, -0.15) is 0 Å². The largest absolute Gasteiger partial charge is 0.368 e. The first kappa shape index (κ1) is 30.6. The highest BCUT2D eigenvalue weighted by Crippen LogP contribution is 2.36. The molecule has 0 spiro atoms. The Bertz CT molecular complexity index is 1620. The molecule has 0 unspecified atom stereocenters. The molecule has 0 aliphatic carbocycles. The number of amides is 3. The molecule has 45 heavy (non-hydrogen) atoms. The summed E-state index contributed by atoms with van der Waals surface area (Å²) in [7, 11) is 0. The summed E-state index contributed by atoms with van der Waals surface area (Å²) in [6.07, 6.45) is 2.04. The molecular formula is C35H38N6O3S. The average molecular weight is 623 g/mol. The van der Waals surface area contributed by atoms with E-state index in [1.807, 2.05) is 78.6 Å². The predicted octanol–water partition coefficient (Wildman–Crippen LogP) is 5.49. The fraction of sp³-hybridized carbons (Fsp3) is 0.343. The molecule has 0 aromatic heterocycles. The minimum absolute atomic E-state index is 0.0407. The molecule has 3 aromatic rings. The van der Waals surface area contributed by atoms with E-state index >= 15 is 0 Å². The van der Waals surface area contributed by atoms with E-state index in [0.717, 1.165) is 36.4 Å². The molecule has 6 rings (SSSR count). The fourth-order valence-corrected chi connectivity index (χ4v) is 6.86. The first-order valence-corrected chi connectivity index (χ1v) is 16.6. The molecule has 3 aromatic carbocycles. The lowest BCUT2D eigenvalue weighted by Crippen LogP contribution is -2.49. The molecule has 232 valence electrons. The van der Waals surface area contributed by atoms with Gasteiger partial charge in [0, 0.05) is 49.5 Å². The highest BCUT2D eigenvalue weighted by Gasteiger charge is 2.42. The number of carbonyl (C=O) groups excluding carboxylic acids is 3. The van der Waals surface area contributed by atoms with Crippen LogP contribution in [0.1, 0.15) is 44.2 Å². The maximum absolute atomic E-state index is 13.8. The summed E-state index contributed by atoms with van der Waals surface area (Å²) in [6.45, 7) is 6.89. The number of nitrogens with one attached hydrogen (secondary N) is 1. The fourth-order valence-electron chi connectivity index (χ4n) is 5.84. The summed E-state index contributed by atoms with van der Waals surface area (Å²) in [5.74, 6) is 0.220. The van der Waals surface area contributed by atoms with Gasteiger partial charge in [0.05, 0.1) is 10.9 Å². The lowest BCUT2D eigenvalue weighted by atomic mass is 10.1. The third kappa shape index (κ3) is 6.66. The number of fused-ring (bicyclic) bond motifs is 3. The number of hydrogen-bond donors (Lipinski definition) is 1. The molecule has 3 heterocycles. The van der Waals surface area contributed by atoms with Crippen molar-refractivity contribution >= 4 is 57.5 Å². The van der Waals surface area contributed by atoms with E-state index in [2.05, 4.69) is 29.3 Å². The van der Waals surface area contributed by atoms with Gasteiger partial charge in [-0.3, -0.25) is 19.4 Å². The maximum Gasteiger partial charge on any atom is 0.259 e. The highest BCUT2D eigenvalue weighted by atomic mass is 32.2. The molecule has 1 N–H and O–H groups in total. The maximum atomic E-state index is 13.8. The van der Waals surface area contributed by atoms with Crippen LogP contribution in [0.25, 0.3) is 0 Å². The summed E-state index contributed by atoms with van der Waals surface area (Å²) >= 11 is 1.27. The molecule has 9 nitrogen and oxygen atoms in total. The van der Waals surface area contributed by atoms with Crippen LogP contribution in [0.4, 0.5) is 17.1 Å². The topological polar surface area (TPSA) is 97.7 Å². The number of hydrogen-bond acceptors (Lipinski definition) is 7. The van der Waals surface area contributed by atoms with E-state index in [1.165, 1.54) is 17.3 Å². The summed E-state index contributed by atoms with van der Waals surface area (Å²) < 4.78 is 0. The van der Waals surface area contributed by atoms with E-state index < -0.39 is 11.3 Å². The Morgan fingerprint density at radius 3 is 2.36 bits per heavy atom. The number of aryl methyl sites for hydroxylation is 1. The van der Waals surface area contributed by atoms with Gasteiger partial charge in [-0.15, -0.1) is 0 Å². The molecule has 10 heteroatoms. The van der Waals surface area contributed by atoms with Crippen LogP contribution in [-0.4, -0.2) is 76.0 Å². The van der Waals surface area contributed by atoms with Crippen LogP contribution in [0, 0.1) is 0 Å². The van der Waals surface area contributed by atoms with Crippen molar-refractivity contribution in [2.75, 3.05) is 36.4 Å². The highest BCUT2D eigenvalue weighted by molar-refractivity contribution is 8.15. The Kier molecular flexibility index (Phi) is 9.30. The van der Waals surface area contributed by atoms with Crippen LogP contribution in [0.15, 0.2) is 88.8 Å². The second kappa shape index (κ2) is 13.7. The molecule has 0 radical (unpaired) electrons. The molecule has 3 aliphatic heterocycles. The normalized spacial score (nSPS) is 18.1. The van der Waals surface area contributed by atoms with Crippen LogP contribution >= 0.6 is 11.8 Å². The molecule has 1 fully saturated rings. The number of amidine groups is 2. The van der Waals surface area contributed by atoms with Crippen LogP contribution in [0.3, 0.4) is 0 Å². The SMILES string of the molecule is CCc1ccc(NC(=O)[C@H](CC)SC2=Nc3ccccc3C3=N[C@H](CCC(=O)N4CCN(c5ccccc5)CC4)C(=O)N23)cc1. The number of benzene rings is 3. The third-order valence-corrected chi connectivity index (χ3v) is 9.79. The number of thioether (sulfide) groups is 1. The van der Waals surface area contributed by atoms with Gasteiger partial charge in [-0.1, -0.05) is 68.1 Å². The van der Waals surface area contributed by atoms with Crippen molar-refractivity contribution in [1.82, 2.24) is 9.80 Å². The summed E-state index contributed by atoms with van der Waals surface area (Å²) in [6, 6.07) is 25.0. The van der Waals surface area contributed by atoms with Gasteiger partial charge in [0.25, 0.3) is 5.91 Å². The van der Waals surface area contributed by atoms with Gasteiger partial charge in [0.15, 0.2) is 5.17 Å². The first-order valence-electron chi connectivity index (χ1n) is 15.7. The van der Waals surface area contributed by atoms with Gasteiger partial charge < -0.3 is 15.1 Å². The minimum Gasteiger partial charge on any atom is -0.368 e. The van der Waals surface area contributed by atoms with Gasteiger partial charge in [-0.05, 0) is 61.2 Å². The van der Waals surface area contributed by atoms with Crippen molar-refractivity contribution in [1.29, 1.82) is 0 Å². The van der Waals surface area contributed by atoms with Crippen molar-refractivity contribution in [3.8, 4) is 0 Å². The van der Waals surface area contributed by atoms with E-state index in [1.54, 1.807) is 4.90 Å².